The summed E-state index contributed by atoms with van der Waals surface area (Å²) in [6.45, 7) is 0.614. The third-order valence-corrected chi connectivity index (χ3v) is 4.45. The Bertz CT molecular complexity index is 538. The zero-order chi connectivity index (χ0) is 13.1. The summed E-state index contributed by atoms with van der Waals surface area (Å²) in [5, 5.41) is 10.2. The van der Waals surface area contributed by atoms with Crippen molar-refractivity contribution in [2.45, 2.75) is 32.1 Å². The van der Waals surface area contributed by atoms with E-state index in [0.717, 1.165) is 30.5 Å². The van der Waals surface area contributed by atoms with Crippen molar-refractivity contribution in [3.05, 3.63) is 33.5 Å². The van der Waals surface area contributed by atoms with Gasteiger partial charge in [-0.2, -0.15) is 5.10 Å². The number of nitrogens with zero attached hydrogens (tertiary/aromatic N) is 2. The number of amides is 1. The Morgan fingerprint density at radius 3 is 3.11 bits per heavy atom. The smallest absolute Gasteiger partial charge is 0.280 e. The lowest BCUT2D eigenvalue weighted by molar-refractivity contribution is 0.0953. The average molecular weight is 276 g/mol. The van der Waals surface area contributed by atoms with E-state index in [-0.39, 0.29) is 5.91 Å². The second kappa shape index (κ2) is 5.52. The van der Waals surface area contributed by atoms with Gasteiger partial charge in [0.25, 0.3) is 5.91 Å². The minimum atomic E-state index is -0.0529. The molecule has 2 aromatic rings. The van der Waals surface area contributed by atoms with Crippen LogP contribution in [0.4, 0.5) is 0 Å². The minimum absolute atomic E-state index is 0.0529. The summed E-state index contributed by atoms with van der Waals surface area (Å²) in [7, 11) is 0. The summed E-state index contributed by atoms with van der Waals surface area (Å²) in [4.78, 5) is 17.8. The standard InChI is InChI=1S/C13H16N4OS/c18-12(14-6-5-9-7-15-16-8-9)13-17-10-3-1-2-4-11(10)19-13/h7-8H,1-6H2,(H,14,18)(H,15,16). The molecule has 0 fully saturated rings. The van der Waals surface area contributed by atoms with E-state index in [0.29, 0.717) is 11.6 Å². The molecule has 0 aromatic carbocycles. The van der Waals surface area contributed by atoms with Crippen molar-refractivity contribution in [2.24, 2.45) is 0 Å². The molecule has 0 saturated heterocycles. The molecule has 0 bridgehead atoms. The Balaban J connectivity index is 1.56. The second-order valence-electron chi connectivity index (χ2n) is 4.71. The molecule has 0 radical (unpaired) electrons. The Kier molecular flexibility index (Phi) is 3.59. The largest absolute Gasteiger partial charge is 0.350 e. The van der Waals surface area contributed by atoms with Crippen molar-refractivity contribution in [3.63, 3.8) is 0 Å². The van der Waals surface area contributed by atoms with Crippen molar-refractivity contribution in [2.75, 3.05) is 6.54 Å². The highest BCUT2D eigenvalue weighted by molar-refractivity contribution is 7.13. The number of H-pyrrole nitrogens is 1. The minimum Gasteiger partial charge on any atom is -0.350 e. The molecule has 3 rings (SSSR count). The van der Waals surface area contributed by atoms with E-state index >= 15 is 0 Å². The maximum absolute atomic E-state index is 12.0. The molecular formula is C13H16N4OS. The van der Waals surface area contributed by atoms with Crippen LogP contribution in [0.3, 0.4) is 0 Å². The Morgan fingerprint density at radius 2 is 2.32 bits per heavy atom. The topological polar surface area (TPSA) is 70.7 Å². The fourth-order valence-electron chi connectivity index (χ4n) is 2.26. The third kappa shape index (κ3) is 2.84. The van der Waals surface area contributed by atoms with Crippen LogP contribution in [0.2, 0.25) is 0 Å². The number of rotatable bonds is 4. The first-order chi connectivity index (χ1) is 9.33. The molecule has 0 saturated carbocycles. The van der Waals surface area contributed by atoms with E-state index in [2.05, 4.69) is 20.5 Å². The quantitative estimate of drug-likeness (QED) is 0.893. The van der Waals surface area contributed by atoms with Gasteiger partial charge >= 0.3 is 0 Å². The first-order valence-electron chi connectivity index (χ1n) is 6.57. The van der Waals surface area contributed by atoms with Crippen LogP contribution in [0.15, 0.2) is 12.4 Å². The van der Waals surface area contributed by atoms with E-state index in [4.69, 9.17) is 0 Å². The molecular weight excluding hydrogens is 260 g/mol. The molecule has 2 heterocycles. The first-order valence-corrected chi connectivity index (χ1v) is 7.39. The first kappa shape index (κ1) is 12.3. The molecule has 100 valence electrons. The van der Waals surface area contributed by atoms with Gasteiger partial charge in [0.05, 0.1) is 11.9 Å². The van der Waals surface area contributed by atoms with Crippen LogP contribution in [0.25, 0.3) is 0 Å². The highest BCUT2D eigenvalue weighted by Crippen LogP contribution is 2.26. The van der Waals surface area contributed by atoms with E-state index < -0.39 is 0 Å². The predicted octanol–water partition coefficient (Wildman–Crippen LogP) is 1.72. The highest BCUT2D eigenvalue weighted by atomic mass is 32.1. The van der Waals surface area contributed by atoms with Crippen molar-refractivity contribution in [1.82, 2.24) is 20.5 Å². The van der Waals surface area contributed by atoms with Crippen molar-refractivity contribution >= 4 is 17.2 Å². The number of fused-ring (bicyclic) bond motifs is 1. The van der Waals surface area contributed by atoms with Gasteiger partial charge in [-0.1, -0.05) is 0 Å². The number of hydrogen-bond acceptors (Lipinski definition) is 4. The fourth-order valence-corrected chi connectivity index (χ4v) is 3.33. The van der Waals surface area contributed by atoms with E-state index in [9.17, 15) is 4.79 Å². The van der Waals surface area contributed by atoms with Crippen LogP contribution in [0, 0.1) is 0 Å². The van der Waals surface area contributed by atoms with Crippen LogP contribution < -0.4 is 5.32 Å². The molecule has 0 unspecified atom stereocenters. The van der Waals surface area contributed by atoms with Gasteiger partial charge in [0.1, 0.15) is 0 Å². The molecule has 0 spiro atoms. The van der Waals surface area contributed by atoms with Gasteiger partial charge in [-0.05, 0) is 37.7 Å². The Morgan fingerprint density at radius 1 is 1.42 bits per heavy atom. The lowest BCUT2D eigenvalue weighted by Gasteiger charge is -2.06. The summed E-state index contributed by atoms with van der Waals surface area (Å²) >= 11 is 1.55. The van der Waals surface area contributed by atoms with E-state index in [1.165, 1.54) is 17.7 Å². The number of aryl methyl sites for hydroxylation is 2. The number of carbonyl (C=O) groups is 1. The Hall–Kier alpha value is -1.69. The maximum atomic E-state index is 12.0. The lowest BCUT2D eigenvalue weighted by atomic mass is 10.0. The second-order valence-corrected chi connectivity index (χ2v) is 5.79. The van der Waals surface area contributed by atoms with Gasteiger partial charge in [0.15, 0.2) is 5.01 Å². The molecule has 2 aromatic heterocycles. The number of aromatic nitrogens is 3. The van der Waals surface area contributed by atoms with Gasteiger partial charge < -0.3 is 5.32 Å². The van der Waals surface area contributed by atoms with E-state index in [1.807, 2.05) is 6.20 Å². The monoisotopic (exact) mass is 276 g/mol. The molecule has 19 heavy (non-hydrogen) atoms. The van der Waals surface area contributed by atoms with Gasteiger partial charge in [-0.25, -0.2) is 4.98 Å². The summed E-state index contributed by atoms with van der Waals surface area (Å²) in [6.07, 6.45) is 8.91. The predicted molar refractivity (Wildman–Crippen MR) is 73.4 cm³/mol. The van der Waals surface area contributed by atoms with Crippen LogP contribution in [-0.4, -0.2) is 27.6 Å². The fraction of sp³-hybridized carbons (Fsp3) is 0.462. The molecule has 1 aliphatic rings. The highest BCUT2D eigenvalue weighted by Gasteiger charge is 2.18. The normalized spacial score (nSPS) is 14.1. The van der Waals surface area contributed by atoms with Gasteiger partial charge in [-0.15, -0.1) is 11.3 Å². The van der Waals surface area contributed by atoms with Crippen molar-refractivity contribution in [3.8, 4) is 0 Å². The number of nitrogens with one attached hydrogen (secondary N) is 2. The molecule has 5 nitrogen and oxygen atoms in total. The number of aromatic amines is 1. The summed E-state index contributed by atoms with van der Waals surface area (Å²) < 4.78 is 0. The van der Waals surface area contributed by atoms with E-state index in [1.54, 1.807) is 17.5 Å². The third-order valence-electron chi connectivity index (χ3n) is 3.29. The molecule has 1 amide bonds. The lowest BCUT2D eigenvalue weighted by Crippen LogP contribution is -2.25. The van der Waals surface area contributed by atoms with Crippen LogP contribution in [0.5, 0.6) is 0 Å². The van der Waals surface area contributed by atoms with Gasteiger partial charge in [0, 0.05) is 17.6 Å². The molecule has 1 aliphatic carbocycles. The zero-order valence-corrected chi connectivity index (χ0v) is 11.4. The van der Waals surface area contributed by atoms with Gasteiger partial charge in [-0.3, -0.25) is 9.89 Å². The van der Waals surface area contributed by atoms with Crippen LogP contribution >= 0.6 is 11.3 Å². The Labute approximate surface area is 115 Å². The average Bonchev–Trinajstić information content (AvgIpc) is 3.07. The van der Waals surface area contributed by atoms with Crippen LogP contribution in [-0.2, 0) is 19.3 Å². The van der Waals surface area contributed by atoms with Gasteiger partial charge in [0.2, 0.25) is 0 Å². The molecule has 2 N–H and O–H groups in total. The van der Waals surface area contributed by atoms with Crippen LogP contribution in [0.1, 0.15) is 38.8 Å². The number of thiazole rings is 1. The molecule has 0 aliphatic heterocycles. The molecule has 6 heteroatoms. The summed E-state index contributed by atoms with van der Waals surface area (Å²) in [5.41, 5.74) is 2.23. The molecule has 0 atom stereocenters. The maximum Gasteiger partial charge on any atom is 0.280 e. The van der Waals surface area contributed by atoms with Crippen molar-refractivity contribution < 1.29 is 4.79 Å². The number of hydrogen-bond donors (Lipinski definition) is 2. The number of carbonyl (C=O) groups excluding carboxylic acids is 1. The zero-order valence-electron chi connectivity index (χ0n) is 10.6. The SMILES string of the molecule is O=C(NCCc1cn[nH]c1)c1nc2c(s1)CCCC2. The summed E-state index contributed by atoms with van der Waals surface area (Å²) in [6, 6.07) is 0. The summed E-state index contributed by atoms with van der Waals surface area (Å²) in [5.74, 6) is -0.0529. The van der Waals surface area contributed by atoms with Crippen molar-refractivity contribution in [1.29, 1.82) is 0 Å².